The van der Waals surface area contributed by atoms with Crippen LogP contribution in [0.1, 0.15) is 37.4 Å². The molecule has 1 heterocycles. The molecule has 1 aromatic carbocycles. The van der Waals surface area contributed by atoms with Crippen LogP contribution in [0.5, 0.6) is 0 Å². The van der Waals surface area contributed by atoms with Gasteiger partial charge in [-0.25, -0.2) is 4.79 Å². The van der Waals surface area contributed by atoms with Gasteiger partial charge in [0.2, 0.25) is 0 Å². The Bertz CT molecular complexity index is 637. The quantitative estimate of drug-likeness (QED) is 0.778. The van der Waals surface area contributed by atoms with Crippen molar-refractivity contribution in [3.63, 3.8) is 0 Å². The minimum Gasteiger partial charge on any atom is -0.463 e. The molecule has 2 unspecified atom stereocenters. The standard InChI is InChI=1S/C18H25N3O3/c1-18(2,11-24-17(22)10-23-4)16-8-15(20-3)13-7-12(9-19)5-6-14(13)21-16/h5-7,15-16,20-21H,8,10-11H2,1-4H3. The highest BCUT2D eigenvalue weighted by Crippen LogP contribution is 2.39. The molecule has 0 aromatic heterocycles. The summed E-state index contributed by atoms with van der Waals surface area (Å²) in [7, 11) is 3.39. The van der Waals surface area contributed by atoms with E-state index in [1.807, 2.05) is 25.2 Å². The lowest BCUT2D eigenvalue weighted by Crippen LogP contribution is -2.45. The lowest BCUT2D eigenvalue weighted by Gasteiger charge is -2.41. The molecule has 0 radical (unpaired) electrons. The van der Waals surface area contributed by atoms with E-state index in [2.05, 4.69) is 30.6 Å². The average Bonchev–Trinajstić information content (AvgIpc) is 2.58. The van der Waals surface area contributed by atoms with E-state index in [1.54, 1.807) is 0 Å². The molecule has 2 N–H and O–H groups in total. The maximum Gasteiger partial charge on any atom is 0.332 e. The number of hydrogen-bond donors (Lipinski definition) is 2. The van der Waals surface area contributed by atoms with E-state index < -0.39 is 0 Å². The van der Waals surface area contributed by atoms with Gasteiger partial charge in [-0.05, 0) is 37.2 Å². The Kier molecular flexibility index (Phi) is 5.81. The van der Waals surface area contributed by atoms with Crippen molar-refractivity contribution < 1.29 is 14.3 Å². The number of fused-ring (bicyclic) bond motifs is 1. The Morgan fingerprint density at radius 1 is 1.50 bits per heavy atom. The lowest BCUT2D eigenvalue weighted by molar-refractivity contribution is -0.151. The van der Waals surface area contributed by atoms with Crippen LogP contribution in [0.4, 0.5) is 5.69 Å². The lowest BCUT2D eigenvalue weighted by atomic mass is 9.77. The first-order chi connectivity index (χ1) is 11.4. The normalized spacial score (nSPS) is 19.8. The molecular weight excluding hydrogens is 306 g/mol. The second-order valence-electron chi connectivity index (χ2n) is 6.77. The number of hydrogen-bond acceptors (Lipinski definition) is 6. The van der Waals surface area contributed by atoms with Gasteiger partial charge in [0.05, 0.1) is 18.2 Å². The third kappa shape index (κ3) is 4.05. The first kappa shape index (κ1) is 18.2. The molecule has 130 valence electrons. The Hall–Kier alpha value is -2.10. The smallest absolute Gasteiger partial charge is 0.332 e. The third-order valence-corrected chi connectivity index (χ3v) is 4.52. The Morgan fingerprint density at radius 2 is 2.25 bits per heavy atom. The molecule has 0 fully saturated rings. The molecule has 1 aliphatic rings. The van der Waals surface area contributed by atoms with E-state index in [0.717, 1.165) is 17.7 Å². The van der Waals surface area contributed by atoms with Crippen LogP contribution in [0.3, 0.4) is 0 Å². The zero-order valence-corrected chi connectivity index (χ0v) is 14.7. The summed E-state index contributed by atoms with van der Waals surface area (Å²) in [6.07, 6.45) is 0.840. The van der Waals surface area contributed by atoms with Gasteiger partial charge in [-0.2, -0.15) is 5.26 Å². The minimum atomic E-state index is -0.356. The molecule has 1 aromatic rings. The van der Waals surface area contributed by atoms with Crippen molar-refractivity contribution in [3.8, 4) is 6.07 Å². The molecule has 0 bridgehead atoms. The number of methoxy groups -OCH3 is 1. The summed E-state index contributed by atoms with van der Waals surface area (Å²) in [6, 6.07) is 8.14. The number of rotatable bonds is 6. The summed E-state index contributed by atoms with van der Waals surface area (Å²) in [5.41, 5.74) is 2.52. The molecule has 0 aliphatic carbocycles. The molecule has 2 rings (SSSR count). The van der Waals surface area contributed by atoms with Crippen molar-refractivity contribution in [2.75, 3.05) is 32.7 Å². The Labute approximate surface area is 143 Å². The molecule has 1 aliphatic heterocycles. The number of nitrogens with one attached hydrogen (secondary N) is 2. The second kappa shape index (κ2) is 7.65. The Morgan fingerprint density at radius 3 is 2.88 bits per heavy atom. The van der Waals surface area contributed by atoms with Crippen molar-refractivity contribution in [1.29, 1.82) is 5.26 Å². The van der Waals surface area contributed by atoms with Gasteiger partial charge >= 0.3 is 5.97 Å². The van der Waals surface area contributed by atoms with E-state index >= 15 is 0 Å². The van der Waals surface area contributed by atoms with Gasteiger partial charge in [0.1, 0.15) is 6.61 Å². The number of carbonyl (C=O) groups is 1. The van der Waals surface area contributed by atoms with E-state index in [0.29, 0.717) is 12.2 Å². The predicted molar refractivity (Wildman–Crippen MR) is 91.6 cm³/mol. The SMILES string of the molecule is CNC1CC(C(C)(C)COC(=O)COC)Nc2ccc(C#N)cc21. The Balaban J connectivity index is 2.15. The highest BCUT2D eigenvalue weighted by atomic mass is 16.6. The van der Waals surface area contributed by atoms with Crippen molar-refractivity contribution in [1.82, 2.24) is 5.32 Å². The fraction of sp³-hybridized carbons (Fsp3) is 0.556. The highest BCUT2D eigenvalue weighted by Gasteiger charge is 2.37. The van der Waals surface area contributed by atoms with Crippen LogP contribution in [0, 0.1) is 16.7 Å². The topological polar surface area (TPSA) is 83.4 Å². The number of carbonyl (C=O) groups excluding carboxylic acids is 1. The van der Waals surface area contributed by atoms with Gasteiger partial charge in [-0.15, -0.1) is 0 Å². The summed E-state index contributed by atoms with van der Waals surface area (Å²) in [4.78, 5) is 11.6. The number of benzene rings is 1. The van der Waals surface area contributed by atoms with E-state index in [1.165, 1.54) is 7.11 Å². The summed E-state index contributed by atoms with van der Waals surface area (Å²) < 4.78 is 10.1. The molecule has 2 atom stereocenters. The van der Waals surface area contributed by atoms with Gasteiger partial charge in [0.15, 0.2) is 0 Å². The monoisotopic (exact) mass is 331 g/mol. The first-order valence-corrected chi connectivity index (χ1v) is 8.03. The molecule has 6 nitrogen and oxygen atoms in total. The number of ether oxygens (including phenoxy) is 2. The van der Waals surface area contributed by atoms with Crippen molar-refractivity contribution >= 4 is 11.7 Å². The maximum absolute atomic E-state index is 11.6. The largest absolute Gasteiger partial charge is 0.463 e. The molecular formula is C18H25N3O3. The molecule has 24 heavy (non-hydrogen) atoms. The van der Waals surface area contributed by atoms with Crippen molar-refractivity contribution in [2.45, 2.75) is 32.4 Å². The van der Waals surface area contributed by atoms with Gasteiger partial charge in [-0.1, -0.05) is 13.8 Å². The van der Waals surface area contributed by atoms with Crippen LogP contribution in [0.15, 0.2) is 18.2 Å². The van der Waals surface area contributed by atoms with E-state index in [9.17, 15) is 4.79 Å². The molecule has 6 heteroatoms. The van der Waals surface area contributed by atoms with Crippen molar-refractivity contribution in [3.05, 3.63) is 29.3 Å². The molecule has 0 saturated carbocycles. The van der Waals surface area contributed by atoms with Crippen molar-refractivity contribution in [2.24, 2.45) is 5.41 Å². The van der Waals surface area contributed by atoms with Gasteiger partial charge in [0, 0.05) is 30.3 Å². The van der Waals surface area contributed by atoms with Crippen LogP contribution in [0.2, 0.25) is 0 Å². The third-order valence-electron chi connectivity index (χ3n) is 4.52. The van der Waals surface area contributed by atoms with Crippen LogP contribution in [-0.4, -0.2) is 39.4 Å². The summed E-state index contributed by atoms with van der Waals surface area (Å²) >= 11 is 0. The molecule has 0 amide bonds. The maximum atomic E-state index is 11.6. The van der Waals surface area contributed by atoms with Gasteiger partial charge in [-0.3, -0.25) is 0 Å². The van der Waals surface area contributed by atoms with Gasteiger partial charge < -0.3 is 20.1 Å². The zero-order valence-electron chi connectivity index (χ0n) is 14.7. The number of anilines is 1. The average molecular weight is 331 g/mol. The number of esters is 1. The molecule has 0 saturated heterocycles. The first-order valence-electron chi connectivity index (χ1n) is 8.03. The van der Waals surface area contributed by atoms with E-state index in [-0.39, 0.29) is 30.1 Å². The van der Waals surface area contributed by atoms with Crippen LogP contribution in [-0.2, 0) is 14.3 Å². The summed E-state index contributed by atoms with van der Waals surface area (Å²) in [5.74, 6) is -0.356. The van der Waals surface area contributed by atoms with Crippen LogP contribution in [0.25, 0.3) is 0 Å². The predicted octanol–water partition coefficient (Wildman–Crippen LogP) is 2.22. The minimum absolute atomic E-state index is 0.0346. The highest BCUT2D eigenvalue weighted by molar-refractivity contribution is 5.70. The number of nitrogens with zero attached hydrogens (tertiary/aromatic N) is 1. The van der Waals surface area contributed by atoms with Crippen LogP contribution >= 0.6 is 0 Å². The summed E-state index contributed by atoms with van der Waals surface area (Å²) in [5, 5.41) is 16.0. The van der Waals surface area contributed by atoms with E-state index in [4.69, 9.17) is 14.7 Å². The van der Waals surface area contributed by atoms with Crippen LogP contribution < -0.4 is 10.6 Å². The molecule has 0 spiro atoms. The number of nitriles is 1. The summed E-state index contributed by atoms with van der Waals surface area (Å²) in [6.45, 7) is 4.43. The fourth-order valence-corrected chi connectivity index (χ4v) is 2.98. The zero-order chi connectivity index (χ0) is 17.7. The fourth-order valence-electron chi connectivity index (χ4n) is 2.98. The van der Waals surface area contributed by atoms with Gasteiger partial charge in [0.25, 0.3) is 0 Å². The second-order valence-corrected chi connectivity index (χ2v) is 6.77.